The second-order valence-electron chi connectivity index (χ2n) is 6.29. The molecule has 0 spiro atoms. The lowest BCUT2D eigenvalue weighted by Crippen LogP contribution is -2.35. The Bertz CT molecular complexity index is 1030. The molecule has 0 saturated heterocycles. The third kappa shape index (κ3) is 5.22. The molecule has 1 amide bonds. The second kappa shape index (κ2) is 9.73. The number of hydrogen-bond donors (Lipinski definition) is 0. The molecule has 142 valence electrons. The zero-order valence-corrected chi connectivity index (χ0v) is 15.8. The molecule has 0 unspecified atom stereocenters. The molecule has 3 aromatic rings. The van der Waals surface area contributed by atoms with E-state index in [1.165, 1.54) is 0 Å². The number of hydrogen-bond acceptors (Lipinski definition) is 4. The molecule has 0 heterocycles. The van der Waals surface area contributed by atoms with Crippen molar-refractivity contribution in [3.05, 3.63) is 84.4 Å². The highest BCUT2D eigenvalue weighted by molar-refractivity contribution is 5.94. The van der Waals surface area contributed by atoms with E-state index < -0.39 is 0 Å². The number of benzene rings is 3. The van der Waals surface area contributed by atoms with Gasteiger partial charge in [-0.2, -0.15) is 10.5 Å². The van der Waals surface area contributed by atoms with E-state index in [-0.39, 0.29) is 18.9 Å². The Morgan fingerprint density at radius 3 is 2.07 bits per heavy atom. The van der Waals surface area contributed by atoms with Gasteiger partial charge in [-0.15, -0.1) is 0 Å². The monoisotopic (exact) mass is 381 g/mol. The normalized spacial score (nSPS) is 9.86. The summed E-state index contributed by atoms with van der Waals surface area (Å²) in [6.07, 6.45) is 0.250. The first-order chi connectivity index (χ1) is 14.2. The summed E-state index contributed by atoms with van der Waals surface area (Å²) in [7, 11) is 0. The van der Waals surface area contributed by atoms with Crippen molar-refractivity contribution in [2.45, 2.75) is 6.42 Å². The highest BCUT2D eigenvalue weighted by atomic mass is 16.5. The van der Waals surface area contributed by atoms with E-state index in [1.807, 2.05) is 66.7 Å². The Hall–Kier alpha value is -4.09. The van der Waals surface area contributed by atoms with Crippen LogP contribution < -0.4 is 9.64 Å². The van der Waals surface area contributed by atoms with Gasteiger partial charge in [-0.3, -0.25) is 4.79 Å². The van der Waals surface area contributed by atoms with Gasteiger partial charge < -0.3 is 9.64 Å². The Morgan fingerprint density at radius 2 is 1.48 bits per heavy atom. The standard InChI is InChI=1S/C24H19N3O2/c25-15-4-16-27(22-5-2-1-3-6-22)24(28)18-29-23-13-11-21(12-14-23)20-9-7-19(17-26)8-10-20/h1-3,5-14H,4,16,18H2. The fraction of sp³-hybridized carbons (Fsp3) is 0.125. The molecule has 0 radical (unpaired) electrons. The summed E-state index contributed by atoms with van der Waals surface area (Å²) in [5.41, 5.74) is 3.35. The second-order valence-corrected chi connectivity index (χ2v) is 6.29. The van der Waals surface area contributed by atoms with Crippen LogP contribution in [0.5, 0.6) is 5.75 Å². The van der Waals surface area contributed by atoms with Crippen molar-refractivity contribution in [2.24, 2.45) is 0 Å². The fourth-order valence-electron chi connectivity index (χ4n) is 2.87. The van der Waals surface area contributed by atoms with Crippen LogP contribution >= 0.6 is 0 Å². The summed E-state index contributed by atoms with van der Waals surface area (Å²) < 4.78 is 5.66. The number of anilines is 1. The number of carbonyl (C=O) groups excluding carboxylic acids is 1. The molecule has 3 rings (SSSR count). The first-order valence-electron chi connectivity index (χ1n) is 9.17. The molecule has 0 fully saturated rings. The summed E-state index contributed by atoms with van der Waals surface area (Å²) in [4.78, 5) is 14.2. The summed E-state index contributed by atoms with van der Waals surface area (Å²) in [6, 6.07) is 28.2. The van der Waals surface area contributed by atoms with E-state index in [2.05, 4.69) is 12.1 Å². The molecule has 0 N–H and O–H groups in total. The van der Waals surface area contributed by atoms with Crippen molar-refractivity contribution in [2.75, 3.05) is 18.1 Å². The molecule has 0 saturated carbocycles. The lowest BCUT2D eigenvalue weighted by atomic mass is 10.0. The van der Waals surface area contributed by atoms with E-state index in [0.29, 0.717) is 17.9 Å². The van der Waals surface area contributed by atoms with Crippen LogP contribution in [0.2, 0.25) is 0 Å². The van der Waals surface area contributed by atoms with Crippen molar-refractivity contribution < 1.29 is 9.53 Å². The van der Waals surface area contributed by atoms with Gasteiger partial charge in [0, 0.05) is 12.2 Å². The van der Waals surface area contributed by atoms with Crippen LogP contribution in [0.25, 0.3) is 11.1 Å². The number of amides is 1. The van der Waals surface area contributed by atoms with Crippen LogP contribution in [-0.4, -0.2) is 19.1 Å². The molecule has 3 aromatic carbocycles. The van der Waals surface area contributed by atoms with E-state index in [9.17, 15) is 4.79 Å². The summed E-state index contributed by atoms with van der Waals surface area (Å²) in [6.45, 7) is 0.205. The minimum atomic E-state index is -0.206. The summed E-state index contributed by atoms with van der Waals surface area (Å²) in [5.74, 6) is 0.381. The van der Waals surface area contributed by atoms with Crippen molar-refractivity contribution in [3.63, 3.8) is 0 Å². The van der Waals surface area contributed by atoms with Gasteiger partial charge in [-0.1, -0.05) is 42.5 Å². The number of nitrogens with zero attached hydrogens (tertiary/aromatic N) is 3. The Balaban J connectivity index is 1.64. The van der Waals surface area contributed by atoms with Crippen LogP contribution in [-0.2, 0) is 4.79 Å². The molecule has 0 aromatic heterocycles. The Morgan fingerprint density at radius 1 is 0.862 bits per heavy atom. The third-order valence-corrected chi connectivity index (χ3v) is 4.38. The zero-order valence-electron chi connectivity index (χ0n) is 15.8. The molecule has 0 aliphatic heterocycles. The fourth-order valence-corrected chi connectivity index (χ4v) is 2.87. The number of carbonyl (C=O) groups is 1. The maximum absolute atomic E-state index is 12.6. The Labute approximate surface area is 170 Å². The molecule has 0 aliphatic carbocycles. The first-order valence-corrected chi connectivity index (χ1v) is 9.17. The smallest absolute Gasteiger partial charge is 0.264 e. The summed E-state index contributed by atoms with van der Waals surface area (Å²) in [5, 5.41) is 17.8. The van der Waals surface area contributed by atoms with Gasteiger partial charge in [0.25, 0.3) is 5.91 Å². The van der Waals surface area contributed by atoms with Crippen molar-refractivity contribution in [3.8, 4) is 29.0 Å². The van der Waals surface area contributed by atoms with Gasteiger partial charge in [0.2, 0.25) is 0 Å². The highest BCUT2D eigenvalue weighted by Gasteiger charge is 2.16. The maximum Gasteiger partial charge on any atom is 0.264 e. The zero-order chi connectivity index (χ0) is 20.5. The number of para-hydroxylation sites is 1. The van der Waals surface area contributed by atoms with Crippen LogP contribution in [0.1, 0.15) is 12.0 Å². The van der Waals surface area contributed by atoms with Gasteiger partial charge in [0.15, 0.2) is 6.61 Å². The molecular formula is C24H19N3O2. The largest absolute Gasteiger partial charge is 0.484 e. The van der Waals surface area contributed by atoms with Crippen molar-refractivity contribution in [1.82, 2.24) is 0 Å². The number of ether oxygens (including phenoxy) is 1. The van der Waals surface area contributed by atoms with Gasteiger partial charge in [0.1, 0.15) is 5.75 Å². The number of rotatable bonds is 7. The van der Waals surface area contributed by atoms with Gasteiger partial charge >= 0.3 is 0 Å². The first kappa shape index (κ1) is 19.7. The lowest BCUT2D eigenvalue weighted by Gasteiger charge is -2.21. The average molecular weight is 381 g/mol. The third-order valence-electron chi connectivity index (χ3n) is 4.38. The quantitative estimate of drug-likeness (QED) is 0.601. The molecule has 0 aliphatic rings. The predicted octanol–water partition coefficient (Wildman–Crippen LogP) is 4.55. The maximum atomic E-state index is 12.6. The van der Waals surface area contributed by atoms with Gasteiger partial charge in [-0.25, -0.2) is 0 Å². The van der Waals surface area contributed by atoms with Crippen LogP contribution in [0, 0.1) is 22.7 Å². The van der Waals surface area contributed by atoms with Gasteiger partial charge in [0.05, 0.1) is 24.1 Å². The van der Waals surface area contributed by atoms with Crippen LogP contribution in [0.4, 0.5) is 5.69 Å². The van der Waals surface area contributed by atoms with Gasteiger partial charge in [-0.05, 0) is 47.5 Å². The van der Waals surface area contributed by atoms with Crippen LogP contribution in [0.15, 0.2) is 78.9 Å². The van der Waals surface area contributed by atoms with Crippen molar-refractivity contribution >= 4 is 11.6 Å². The lowest BCUT2D eigenvalue weighted by molar-refractivity contribution is -0.120. The van der Waals surface area contributed by atoms with E-state index >= 15 is 0 Å². The predicted molar refractivity (Wildman–Crippen MR) is 111 cm³/mol. The molecule has 5 heteroatoms. The SMILES string of the molecule is N#CCCN(C(=O)COc1ccc(-c2ccc(C#N)cc2)cc1)c1ccccc1. The highest BCUT2D eigenvalue weighted by Crippen LogP contribution is 2.23. The van der Waals surface area contributed by atoms with E-state index in [1.54, 1.807) is 17.0 Å². The molecule has 0 bridgehead atoms. The molecular weight excluding hydrogens is 362 g/mol. The van der Waals surface area contributed by atoms with E-state index in [4.69, 9.17) is 15.3 Å². The van der Waals surface area contributed by atoms with Crippen LogP contribution in [0.3, 0.4) is 0 Å². The summed E-state index contributed by atoms with van der Waals surface area (Å²) >= 11 is 0. The number of nitriles is 2. The molecule has 29 heavy (non-hydrogen) atoms. The minimum Gasteiger partial charge on any atom is -0.484 e. The van der Waals surface area contributed by atoms with Crippen molar-refractivity contribution in [1.29, 1.82) is 10.5 Å². The molecule has 5 nitrogen and oxygen atoms in total. The molecule has 0 atom stereocenters. The topological polar surface area (TPSA) is 77.1 Å². The minimum absolute atomic E-state index is 0.115. The van der Waals surface area contributed by atoms with E-state index in [0.717, 1.165) is 16.8 Å². The average Bonchev–Trinajstić information content (AvgIpc) is 2.79. The Kier molecular flexibility index (Phi) is 6.60.